The Morgan fingerprint density at radius 3 is 2.54 bits per heavy atom. The summed E-state index contributed by atoms with van der Waals surface area (Å²) in [6, 6.07) is 6.16. The maximum Gasteiger partial charge on any atom is 0.263 e. The van der Waals surface area contributed by atoms with E-state index in [1.807, 2.05) is 0 Å². The Balaban J connectivity index is 1.99. The molecule has 0 fully saturated rings. The van der Waals surface area contributed by atoms with Gasteiger partial charge in [0.1, 0.15) is 16.4 Å². The molecule has 3 rings (SSSR count). The fraction of sp³-hybridized carbons (Fsp3) is 0.188. The van der Waals surface area contributed by atoms with Crippen LogP contribution in [0.25, 0.3) is 10.6 Å². The highest BCUT2D eigenvalue weighted by Crippen LogP contribution is 2.38. The predicted molar refractivity (Wildman–Crippen MR) is 99.9 cm³/mol. The second kappa shape index (κ2) is 7.18. The van der Waals surface area contributed by atoms with E-state index in [4.69, 9.17) is 25.6 Å². The van der Waals surface area contributed by atoms with E-state index in [0.717, 1.165) is 0 Å². The molecule has 10 heteroatoms. The normalized spacial score (nSPS) is 11.4. The lowest BCUT2D eigenvalue weighted by Crippen LogP contribution is -2.14. The summed E-state index contributed by atoms with van der Waals surface area (Å²) < 4.78 is 43.7. The first-order chi connectivity index (χ1) is 12.4. The van der Waals surface area contributed by atoms with E-state index in [-0.39, 0.29) is 21.4 Å². The van der Waals surface area contributed by atoms with E-state index >= 15 is 0 Å². The minimum atomic E-state index is -3.86. The summed E-state index contributed by atoms with van der Waals surface area (Å²) >= 11 is 7.40. The van der Waals surface area contributed by atoms with Crippen molar-refractivity contribution >= 4 is 38.6 Å². The molecule has 138 valence electrons. The summed E-state index contributed by atoms with van der Waals surface area (Å²) in [5.74, 6) is 1.17. The SMILES string of the molecule is COc1cc(OC)c(NS(=O)(=O)c2cc(-c3ccno3)sc2C)cc1Cl. The molecule has 7 nitrogen and oxygen atoms in total. The first-order valence-electron chi connectivity index (χ1n) is 7.31. The number of benzene rings is 1. The second-order valence-electron chi connectivity index (χ2n) is 5.20. The molecule has 0 atom stereocenters. The van der Waals surface area contributed by atoms with Gasteiger partial charge in [-0.15, -0.1) is 11.3 Å². The summed E-state index contributed by atoms with van der Waals surface area (Å²) in [6.07, 6.45) is 1.50. The molecule has 0 amide bonds. The van der Waals surface area contributed by atoms with E-state index in [1.165, 1.54) is 43.9 Å². The van der Waals surface area contributed by atoms with Gasteiger partial charge in [0.05, 0.1) is 36.0 Å². The van der Waals surface area contributed by atoms with Crippen LogP contribution in [0.15, 0.2) is 39.9 Å². The molecule has 0 unspecified atom stereocenters. The van der Waals surface area contributed by atoms with Crippen LogP contribution < -0.4 is 14.2 Å². The fourth-order valence-corrected chi connectivity index (χ4v) is 5.19. The van der Waals surface area contributed by atoms with Crippen LogP contribution in [0.4, 0.5) is 5.69 Å². The van der Waals surface area contributed by atoms with Gasteiger partial charge in [0.25, 0.3) is 10.0 Å². The van der Waals surface area contributed by atoms with Gasteiger partial charge in [-0.25, -0.2) is 8.42 Å². The van der Waals surface area contributed by atoms with Crippen LogP contribution in [-0.2, 0) is 10.0 Å². The monoisotopic (exact) mass is 414 g/mol. The first-order valence-corrected chi connectivity index (χ1v) is 9.99. The van der Waals surface area contributed by atoms with Gasteiger partial charge in [0.2, 0.25) is 0 Å². The van der Waals surface area contributed by atoms with Gasteiger partial charge in [0.15, 0.2) is 5.76 Å². The topological polar surface area (TPSA) is 90.7 Å². The number of hydrogen-bond acceptors (Lipinski definition) is 7. The Bertz CT molecular complexity index is 1030. The number of anilines is 1. The molecule has 3 aromatic rings. The highest BCUT2D eigenvalue weighted by molar-refractivity contribution is 7.93. The smallest absolute Gasteiger partial charge is 0.263 e. The summed E-state index contributed by atoms with van der Waals surface area (Å²) in [4.78, 5) is 1.42. The highest BCUT2D eigenvalue weighted by atomic mass is 35.5. The number of thiophene rings is 1. The van der Waals surface area contributed by atoms with Crippen molar-refractivity contribution in [3.8, 4) is 22.1 Å². The second-order valence-corrected chi connectivity index (χ2v) is 8.51. The zero-order valence-electron chi connectivity index (χ0n) is 14.1. The zero-order valence-corrected chi connectivity index (χ0v) is 16.5. The van der Waals surface area contributed by atoms with Crippen molar-refractivity contribution in [2.75, 3.05) is 18.9 Å². The highest BCUT2D eigenvalue weighted by Gasteiger charge is 2.23. The third-order valence-corrected chi connectivity index (χ3v) is 6.54. The van der Waals surface area contributed by atoms with Crippen LogP contribution in [0.3, 0.4) is 0 Å². The van der Waals surface area contributed by atoms with Gasteiger partial charge in [-0.05, 0) is 19.1 Å². The third kappa shape index (κ3) is 3.50. The molecule has 0 bridgehead atoms. The molecule has 0 aliphatic carbocycles. The van der Waals surface area contributed by atoms with E-state index in [1.54, 1.807) is 19.1 Å². The number of rotatable bonds is 6. The lowest BCUT2D eigenvalue weighted by Gasteiger charge is -2.14. The lowest BCUT2D eigenvalue weighted by molar-refractivity contribution is 0.396. The number of aryl methyl sites for hydroxylation is 1. The van der Waals surface area contributed by atoms with Gasteiger partial charge in [0, 0.05) is 17.0 Å². The van der Waals surface area contributed by atoms with Crippen molar-refractivity contribution in [3.05, 3.63) is 40.4 Å². The molecule has 0 saturated heterocycles. The Morgan fingerprint density at radius 2 is 1.92 bits per heavy atom. The molecule has 26 heavy (non-hydrogen) atoms. The summed E-state index contributed by atoms with van der Waals surface area (Å²) in [7, 11) is -0.973. The Hall–Kier alpha value is -2.23. The zero-order chi connectivity index (χ0) is 18.9. The van der Waals surface area contributed by atoms with Crippen molar-refractivity contribution < 1.29 is 22.4 Å². The molecule has 0 radical (unpaired) electrons. The first kappa shape index (κ1) is 18.6. The van der Waals surface area contributed by atoms with Crippen molar-refractivity contribution in [3.63, 3.8) is 0 Å². The predicted octanol–water partition coefficient (Wildman–Crippen LogP) is 4.18. The average molecular weight is 415 g/mol. The molecular weight excluding hydrogens is 400 g/mol. The van der Waals surface area contributed by atoms with Gasteiger partial charge < -0.3 is 14.0 Å². The van der Waals surface area contributed by atoms with Crippen LogP contribution in [0.2, 0.25) is 5.02 Å². The maximum atomic E-state index is 12.9. The summed E-state index contributed by atoms with van der Waals surface area (Å²) in [6.45, 7) is 1.72. The van der Waals surface area contributed by atoms with Gasteiger partial charge in [-0.3, -0.25) is 4.72 Å². The Kier molecular flexibility index (Phi) is 5.12. The summed E-state index contributed by atoms with van der Waals surface area (Å²) in [5, 5.41) is 3.90. The molecule has 2 aromatic heterocycles. The molecule has 1 aromatic carbocycles. The maximum absolute atomic E-state index is 12.9. The van der Waals surface area contributed by atoms with E-state index in [9.17, 15) is 8.42 Å². The number of sulfonamides is 1. The minimum Gasteiger partial charge on any atom is -0.495 e. The van der Waals surface area contributed by atoms with Gasteiger partial charge >= 0.3 is 0 Å². The van der Waals surface area contributed by atoms with Crippen LogP contribution in [0.5, 0.6) is 11.5 Å². The number of ether oxygens (including phenoxy) is 2. The Morgan fingerprint density at radius 1 is 1.19 bits per heavy atom. The number of methoxy groups -OCH3 is 2. The molecule has 1 N–H and O–H groups in total. The molecule has 0 aliphatic rings. The van der Waals surface area contributed by atoms with Crippen LogP contribution in [-0.4, -0.2) is 27.8 Å². The average Bonchev–Trinajstić information content (AvgIpc) is 3.24. The van der Waals surface area contributed by atoms with Crippen LogP contribution in [0, 0.1) is 6.92 Å². The lowest BCUT2D eigenvalue weighted by atomic mass is 10.3. The Labute approximate surface area is 159 Å². The number of halogens is 1. The van der Waals surface area contributed by atoms with Gasteiger partial charge in [-0.1, -0.05) is 16.8 Å². The van der Waals surface area contributed by atoms with E-state index in [2.05, 4.69) is 9.88 Å². The van der Waals surface area contributed by atoms with Crippen molar-refractivity contribution in [2.24, 2.45) is 0 Å². The number of aromatic nitrogens is 1. The largest absolute Gasteiger partial charge is 0.495 e. The standard InChI is InChI=1S/C16H15ClN2O5S2/c1-9-16(8-15(25-9)12-4-5-18-24-12)26(20,21)19-11-6-10(17)13(22-2)7-14(11)23-3/h4-8,19H,1-3H3. The number of nitrogens with one attached hydrogen (secondary N) is 1. The van der Waals surface area contributed by atoms with Crippen LogP contribution in [0.1, 0.15) is 4.88 Å². The molecule has 0 saturated carbocycles. The molecule has 0 spiro atoms. The van der Waals surface area contributed by atoms with E-state index in [0.29, 0.717) is 21.3 Å². The quantitative estimate of drug-likeness (QED) is 0.650. The molecular formula is C16H15ClN2O5S2. The molecule has 2 heterocycles. The minimum absolute atomic E-state index is 0.142. The van der Waals surface area contributed by atoms with Crippen molar-refractivity contribution in [2.45, 2.75) is 11.8 Å². The van der Waals surface area contributed by atoms with Gasteiger partial charge in [-0.2, -0.15) is 0 Å². The fourth-order valence-electron chi connectivity index (χ4n) is 2.34. The number of nitrogens with zero attached hydrogens (tertiary/aromatic N) is 1. The van der Waals surface area contributed by atoms with Crippen LogP contribution >= 0.6 is 22.9 Å². The van der Waals surface area contributed by atoms with Crippen molar-refractivity contribution in [1.29, 1.82) is 0 Å². The van der Waals surface area contributed by atoms with E-state index < -0.39 is 10.0 Å². The number of hydrogen-bond donors (Lipinski definition) is 1. The third-order valence-electron chi connectivity index (χ3n) is 3.56. The summed E-state index contributed by atoms with van der Waals surface area (Å²) in [5.41, 5.74) is 0.213. The van der Waals surface area contributed by atoms with Crippen molar-refractivity contribution in [1.82, 2.24) is 5.16 Å². The molecule has 0 aliphatic heterocycles.